The van der Waals surface area contributed by atoms with Crippen LogP contribution in [0.3, 0.4) is 0 Å². The highest BCUT2D eigenvalue weighted by Gasteiger charge is 2.19. The van der Waals surface area contributed by atoms with Gasteiger partial charge in [0, 0.05) is 31.4 Å². The minimum absolute atomic E-state index is 0. The fraction of sp³-hybridized carbons (Fsp3) is 0.435. The van der Waals surface area contributed by atoms with E-state index in [0.29, 0.717) is 30.7 Å². The highest BCUT2D eigenvalue weighted by molar-refractivity contribution is 5.85. The average Bonchev–Trinajstić information content (AvgIpc) is 2.98. The Morgan fingerprint density at radius 3 is 2.50 bits per heavy atom. The predicted molar refractivity (Wildman–Crippen MR) is 122 cm³/mol. The van der Waals surface area contributed by atoms with E-state index in [4.69, 9.17) is 4.98 Å². The highest BCUT2D eigenvalue weighted by Crippen LogP contribution is 2.26. The molecule has 0 saturated heterocycles. The minimum atomic E-state index is -0.718. The van der Waals surface area contributed by atoms with Gasteiger partial charge in [-0.3, -0.25) is 9.59 Å². The summed E-state index contributed by atoms with van der Waals surface area (Å²) in [6, 6.07) is 8.00. The van der Waals surface area contributed by atoms with Crippen LogP contribution in [0.5, 0.6) is 0 Å². The number of carbonyl (C=O) groups is 1. The summed E-state index contributed by atoms with van der Waals surface area (Å²) in [6.45, 7) is 5.92. The third-order valence-electron chi connectivity index (χ3n) is 5.45. The van der Waals surface area contributed by atoms with Gasteiger partial charge < -0.3 is 14.2 Å². The fourth-order valence-electron chi connectivity index (χ4n) is 3.91. The normalized spacial score (nSPS) is 12.2. The van der Waals surface area contributed by atoms with Crippen molar-refractivity contribution in [2.45, 2.75) is 40.0 Å². The molecule has 0 unspecified atom stereocenters. The topological polar surface area (TPSA) is 77.1 Å². The lowest BCUT2D eigenvalue weighted by Crippen LogP contribution is -2.18. The second kappa shape index (κ2) is 9.47. The van der Waals surface area contributed by atoms with Crippen molar-refractivity contribution in [1.82, 2.24) is 14.1 Å². The number of carboxylic acid groups (broad SMARTS) is 1. The van der Waals surface area contributed by atoms with Crippen molar-refractivity contribution in [3.05, 3.63) is 51.9 Å². The van der Waals surface area contributed by atoms with E-state index in [2.05, 4.69) is 13.8 Å². The van der Waals surface area contributed by atoms with Crippen molar-refractivity contribution in [1.29, 1.82) is 0 Å². The van der Waals surface area contributed by atoms with Crippen LogP contribution in [0.2, 0.25) is 0 Å². The third kappa shape index (κ3) is 4.93. The lowest BCUT2D eigenvalue weighted by Gasteiger charge is -2.14. The van der Waals surface area contributed by atoms with Crippen LogP contribution >= 0.6 is 12.4 Å². The molecule has 30 heavy (non-hydrogen) atoms. The van der Waals surface area contributed by atoms with Crippen LogP contribution in [0, 0.1) is 18.8 Å². The summed E-state index contributed by atoms with van der Waals surface area (Å²) >= 11 is 0. The van der Waals surface area contributed by atoms with Crippen LogP contribution in [-0.4, -0.2) is 25.2 Å². The van der Waals surface area contributed by atoms with Gasteiger partial charge >= 0.3 is 5.97 Å². The van der Waals surface area contributed by atoms with E-state index < -0.39 is 5.97 Å². The molecule has 3 aromatic rings. The maximum absolute atomic E-state index is 12.0. The quantitative estimate of drug-likeness (QED) is 0.603. The largest absolute Gasteiger partial charge is 0.481 e. The van der Waals surface area contributed by atoms with E-state index in [1.807, 2.05) is 42.8 Å². The first-order valence-electron chi connectivity index (χ1n) is 10.0. The van der Waals surface area contributed by atoms with Crippen molar-refractivity contribution in [3.8, 4) is 11.4 Å². The number of rotatable bonds is 7. The Kier molecular flexibility index (Phi) is 7.48. The van der Waals surface area contributed by atoms with Crippen LogP contribution in [0.1, 0.15) is 37.8 Å². The second-order valence-corrected chi connectivity index (χ2v) is 8.35. The molecule has 6 nitrogen and oxygen atoms in total. The monoisotopic (exact) mass is 431 g/mol. The van der Waals surface area contributed by atoms with Crippen molar-refractivity contribution in [2.24, 2.45) is 25.9 Å². The Bertz CT molecular complexity index is 1090. The summed E-state index contributed by atoms with van der Waals surface area (Å²) in [5.74, 6) is 0.129. The summed E-state index contributed by atoms with van der Waals surface area (Å²) in [6.07, 6.45) is 3.83. The number of hydrogen-bond acceptors (Lipinski definition) is 3. The molecule has 0 aliphatic heterocycles. The number of fused-ring (bicyclic) bond motifs is 1. The van der Waals surface area contributed by atoms with Crippen LogP contribution in [0.25, 0.3) is 22.4 Å². The number of aryl methyl sites for hydroxylation is 4. The molecule has 0 aliphatic rings. The summed E-state index contributed by atoms with van der Waals surface area (Å²) in [4.78, 5) is 28.3. The molecule has 1 atom stereocenters. The molecule has 2 heterocycles. The fourth-order valence-corrected chi connectivity index (χ4v) is 3.91. The number of imidazole rings is 1. The highest BCUT2D eigenvalue weighted by atomic mass is 35.5. The minimum Gasteiger partial charge on any atom is -0.481 e. The number of halogens is 1. The first-order valence-corrected chi connectivity index (χ1v) is 10.0. The molecular formula is C23H30ClN3O3. The lowest BCUT2D eigenvalue weighted by atomic mass is 9.91. The Labute approximate surface area is 183 Å². The summed E-state index contributed by atoms with van der Waals surface area (Å²) in [5, 5.41) is 9.46. The van der Waals surface area contributed by atoms with E-state index in [9.17, 15) is 14.7 Å². The number of pyridine rings is 1. The summed E-state index contributed by atoms with van der Waals surface area (Å²) in [5.41, 5.74) is 4.54. The number of aliphatic carboxylic acids is 1. The lowest BCUT2D eigenvalue weighted by molar-refractivity contribution is -0.142. The van der Waals surface area contributed by atoms with Gasteiger partial charge in [-0.05, 0) is 55.9 Å². The van der Waals surface area contributed by atoms with Gasteiger partial charge in [0.1, 0.15) is 5.82 Å². The van der Waals surface area contributed by atoms with Crippen LogP contribution in [0.4, 0.5) is 0 Å². The zero-order valence-corrected chi connectivity index (χ0v) is 19.0. The second-order valence-electron chi connectivity index (χ2n) is 8.35. The molecule has 1 N–H and O–H groups in total. The van der Waals surface area contributed by atoms with E-state index in [1.165, 1.54) is 0 Å². The molecule has 0 fully saturated rings. The molecule has 0 bridgehead atoms. The van der Waals surface area contributed by atoms with Gasteiger partial charge in [0.05, 0.1) is 17.0 Å². The zero-order chi connectivity index (χ0) is 21.3. The first-order chi connectivity index (χ1) is 13.7. The van der Waals surface area contributed by atoms with Gasteiger partial charge in [0.15, 0.2) is 0 Å². The van der Waals surface area contributed by atoms with Gasteiger partial charge in [-0.15, -0.1) is 12.4 Å². The molecule has 1 aromatic carbocycles. The van der Waals surface area contributed by atoms with Gasteiger partial charge in [-0.25, -0.2) is 4.98 Å². The number of nitrogens with zero attached hydrogens (tertiary/aromatic N) is 3. The number of carboxylic acids is 1. The maximum atomic E-state index is 12.0. The van der Waals surface area contributed by atoms with E-state index in [0.717, 1.165) is 28.0 Å². The van der Waals surface area contributed by atoms with Gasteiger partial charge in [-0.1, -0.05) is 19.9 Å². The molecule has 0 spiro atoms. The Morgan fingerprint density at radius 1 is 1.20 bits per heavy atom. The van der Waals surface area contributed by atoms with Gasteiger partial charge in [0.25, 0.3) is 5.56 Å². The van der Waals surface area contributed by atoms with Gasteiger partial charge in [-0.2, -0.15) is 0 Å². The predicted octanol–water partition coefficient (Wildman–Crippen LogP) is 4.35. The SMILES string of the molecule is Cc1cc(-c2nc3cc(CC[C@@H](CC(C)C)C(=O)O)ccc3n2C)cn(C)c1=O.Cl. The molecule has 162 valence electrons. The summed E-state index contributed by atoms with van der Waals surface area (Å²) in [7, 11) is 3.71. The molecular weight excluding hydrogens is 402 g/mol. The standard InChI is InChI=1S/C23H29N3O3.ClH/c1-14(2)10-17(23(28)29)8-6-16-7-9-20-19(12-16)24-21(26(20)5)18-11-15(3)22(27)25(4)13-18;/h7,9,11-14,17H,6,8,10H2,1-5H3,(H,28,29);1H/t17-;/m0./s1. The van der Waals surface area contributed by atoms with Crippen molar-refractivity contribution in [2.75, 3.05) is 0 Å². The third-order valence-corrected chi connectivity index (χ3v) is 5.45. The molecule has 0 aliphatic carbocycles. The molecule has 0 radical (unpaired) electrons. The van der Waals surface area contributed by atoms with E-state index in [-0.39, 0.29) is 23.9 Å². The number of aromatic nitrogens is 3. The molecule has 0 amide bonds. The van der Waals surface area contributed by atoms with Crippen LogP contribution < -0.4 is 5.56 Å². The molecule has 0 saturated carbocycles. The Morgan fingerprint density at radius 2 is 1.90 bits per heavy atom. The molecule has 7 heteroatoms. The maximum Gasteiger partial charge on any atom is 0.306 e. The van der Waals surface area contributed by atoms with Crippen LogP contribution in [0.15, 0.2) is 35.3 Å². The smallest absolute Gasteiger partial charge is 0.306 e. The Balaban J connectivity index is 0.00000320. The van der Waals surface area contributed by atoms with Crippen LogP contribution in [-0.2, 0) is 25.3 Å². The van der Waals surface area contributed by atoms with Crippen molar-refractivity contribution < 1.29 is 9.90 Å². The molecule has 3 rings (SSSR count). The van der Waals surface area contributed by atoms with Crippen molar-refractivity contribution in [3.63, 3.8) is 0 Å². The zero-order valence-electron chi connectivity index (χ0n) is 18.2. The summed E-state index contributed by atoms with van der Waals surface area (Å²) < 4.78 is 3.60. The average molecular weight is 432 g/mol. The first kappa shape index (κ1) is 23.7. The van der Waals surface area contributed by atoms with Crippen molar-refractivity contribution >= 4 is 29.4 Å². The number of hydrogen-bond donors (Lipinski definition) is 1. The van der Waals surface area contributed by atoms with E-state index in [1.54, 1.807) is 17.8 Å². The Hall–Kier alpha value is -2.60. The van der Waals surface area contributed by atoms with E-state index >= 15 is 0 Å². The van der Waals surface area contributed by atoms with Gasteiger partial charge in [0.2, 0.25) is 0 Å². The molecule has 2 aromatic heterocycles. The number of benzene rings is 1.